The van der Waals surface area contributed by atoms with E-state index >= 15 is 0 Å². The van der Waals surface area contributed by atoms with Crippen LogP contribution in [0.25, 0.3) is 10.8 Å². The Morgan fingerprint density at radius 3 is 2.60 bits per heavy atom. The lowest BCUT2D eigenvalue weighted by Gasteiger charge is -2.14. The quantitative estimate of drug-likeness (QED) is 0.721. The summed E-state index contributed by atoms with van der Waals surface area (Å²) >= 11 is 11.9. The van der Waals surface area contributed by atoms with E-state index < -0.39 is 11.9 Å². The molecule has 25 heavy (non-hydrogen) atoms. The molecule has 0 fully saturated rings. The highest BCUT2D eigenvalue weighted by atomic mass is 35.5. The summed E-state index contributed by atoms with van der Waals surface area (Å²) < 4.78 is 0. The molecule has 2 aromatic carbocycles. The summed E-state index contributed by atoms with van der Waals surface area (Å²) in [4.78, 5) is 23.9. The van der Waals surface area contributed by atoms with Gasteiger partial charge < -0.3 is 5.11 Å². The van der Waals surface area contributed by atoms with Crippen molar-refractivity contribution in [2.24, 2.45) is 0 Å². The topological polar surface area (TPSA) is 83.0 Å². The zero-order valence-corrected chi connectivity index (χ0v) is 14.7. The van der Waals surface area contributed by atoms with Crippen molar-refractivity contribution >= 4 is 39.9 Å². The van der Waals surface area contributed by atoms with E-state index in [-0.39, 0.29) is 12.0 Å². The van der Waals surface area contributed by atoms with Crippen molar-refractivity contribution < 1.29 is 9.90 Å². The molecular weight excluding hydrogens is 363 g/mol. The number of rotatable bonds is 4. The van der Waals surface area contributed by atoms with Crippen LogP contribution in [0, 0.1) is 6.92 Å². The number of aromatic amines is 1. The van der Waals surface area contributed by atoms with Gasteiger partial charge in [-0.1, -0.05) is 47.0 Å². The summed E-state index contributed by atoms with van der Waals surface area (Å²) in [5.74, 6) is -1.97. The van der Waals surface area contributed by atoms with Gasteiger partial charge in [0.1, 0.15) is 5.92 Å². The van der Waals surface area contributed by atoms with Gasteiger partial charge in [-0.2, -0.15) is 5.10 Å². The molecule has 2 N–H and O–H groups in total. The molecule has 5 nitrogen and oxygen atoms in total. The highest BCUT2D eigenvalue weighted by molar-refractivity contribution is 6.42. The van der Waals surface area contributed by atoms with Crippen LogP contribution in [0.5, 0.6) is 0 Å². The fourth-order valence-electron chi connectivity index (χ4n) is 2.77. The molecule has 7 heteroatoms. The number of halogens is 2. The van der Waals surface area contributed by atoms with Crippen molar-refractivity contribution in [3.8, 4) is 0 Å². The first-order chi connectivity index (χ1) is 11.9. The minimum absolute atomic E-state index is 0.175. The Bertz CT molecular complexity index is 1030. The third kappa shape index (κ3) is 3.52. The molecule has 0 amide bonds. The maximum Gasteiger partial charge on any atom is 0.313 e. The van der Waals surface area contributed by atoms with Gasteiger partial charge in [-0.25, -0.2) is 5.10 Å². The molecule has 0 saturated heterocycles. The molecule has 0 aliphatic heterocycles. The molecule has 128 valence electrons. The van der Waals surface area contributed by atoms with E-state index in [2.05, 4.69) is 10.2 Å². The van der Waals surface area contributed by atoms with Gasteiger partial charge in [0, 0.05) is 5.39 Å². The number of carbonyl (C=O) groups is 1. The number of fused-ring (bicyclic) bond motifs is 1. The van der Waals surface area contributed by atoms with Crippen molar-refractivity contribution in [3.05, 3.63) is 73.6 Å². The monoisotopic (exact) mass is 376 g/mol. The molecule has 1 heterocycles. The maximum absolute atomic E-state index is 12.0. The number of hydrogen-bond acceptors (Lipinski definition) is 3. The largest absolute Gasteiger partial charge is 0.481 e. The van der Waals surface area contributed by atoms with Gasteiger partial charge in [-0.3, -0.25) is 9.59 Å². The highest BCUT2D eigenvalue weighted by Crippen LogP contribution is 2.28. The van der Waals surface area contributed by atoms with Crippen molar-refractivity contribution in [2.45, 2.75) is 19.3 Å². The van der Waals surface area contributed by atoms with E-state index in [9.17, 15) is 14.7 Å². The lowest BCUT2D eigenvalue weighted by molar-refractivity contribution is -0.138. The standard InChI is InChI=1S/C18H14Cl2N2O3/c1-9-2-4-11-12(6-9)17(23)22-21-16(11)13(18(24)25)7-10-3-5-14(19)15(20)8-10/h2-6,8,13H,7H2,1H3,(H,22,23)(H,24,25). The van der Waals surface area contributed by atoms with E-state index in [1.165, 1.54) is 0 Å². The number of carboxylic acids is 1. The van der Waals surface area contributed by atoms with Crippen LogP contribution >= 0.6 is 23.2 Å². The molecule has 1 unspecified atom stereocenters. The SMILES string of the molecule is Cc1ccc2c(C(Cc3ccc(Cl)c(Cl)c3)C(=O)O)n[nH]c(=O)c2c1. The van der Waals surface area contributed by atoms with E-state index in [0.29, 0.717) is 26.5 Å². The number of benzene rings is 2. The first-order valence-electron chi connectivity index (χ1n) is 7.52. The number of aliphatic carboxylic acids is 1. The van der Waals surface area contributed by atoms with Crippen LogP contribution in [0.3, 0.4) is 0 Å². The lowest BCUT2D eigenvalue weighted by atomic mass is 9.93. The molecule has 1 atom stereocenters. The van der Waals surface area contributed by atoms with E-state index in [4.69, 9.17) is 23.2 Å². The Hall–Kier alpha value is -2.37. The van der Waals surface area contributed by atoms with Gasteiger partial charge in [0.15, 0.2) is 0 Å². The predicted molar refractivity (Wildman–Crippen MR) is 97.6 cm³/mol. The van der Waals surface area contributed by atoms with E-state index in [1.807, 2.05) is 13.0 Å². The minimum Gasteiger partial charge on any atom is -0.481 e. The highest BCUT2D eigenvalue weighted by Gasteiger charge is 2.25. The van der Waals surface area contributed by atoms with Crippen LogP contribution in [-0.2, 0) is 11.2 Å². The van der Waals surface area contributed by atoms with E-state index in [0.717, 1.165) is 11.1 Å². The van der Waals surface area contributed by atoms with Gasteiger partial charge in [-0.05, 0) is 37.1 Å². The van der Waals surface area contributed by atoms with Crippen LogP contribution in [-0.4, -0.2) is 21.3 Å². The normalized spacial score (nSPS) is 12.3. The van der Waals surface area contributed by atoms with E-state index in [1.54, 1.807) is 30.3 Å². The Kier molecular flexibility index (Phi) is 4.79. The molecule has 0 bridgehead atoms. The zero-order valence-electron chi connectivity index (χ0n) is 13.2. The number of H-pyrrole nitrogens is 1. The smallest absolute Gasteiger partial charge is 0.313 e. The fraction of sp³-hybridized carbons (Fsp3) is 0.167. The third-order valence-electron chi connectivity index (χ3n) is 4.03. The second kappa shape index (κ2) is 6.86. The van der Waals surface area contributed by atoms with Crippen molar-refractivity contribution in [1.82, 2.24) is 10.2 Å². The van der Waals surface area contributed by atoms with Crippen LogP contribution in [0.4, 0.5) is 0 Å². The summed E-state index contributed by atoms with van der Waals surface area (Å²) in [5, 5.41) is 17.8. The Morgan fingerprint density at radius 2 is 1.92 bits per heavy atom. The third-order valence-corrected chi connectivity index (χ3v) is 4.76. The number of aromatic nitrogens is 2. The number of carboxylic acid groups (broad SMARTS) is 1. The summed E-state index contributed by atoms with van der Waals surface area (Å²) in [5.41, 5.74) is 1.59. The maximum atomic E-state index is 12.0. The zero-order chi connectivity index (χ0) is 18.1. The molecule has 3 aromatic rings. The molecular formula is C18H14Cl2N2O3. The van der Waals surface area contributed by atoms with Gasteiger partial charge in [0.05, 0.1) is 21.1 Å². The van der Waals surface area contributed by atoms with Crippen LogP contribution in [0.1, 0.15) is 22.7 Å². The number of nitrogens with one attached hydrogen (secondary N) is 1. The first kappa shape index (κ1) is 17.5. The minimum atomic E-state index is -1.03. The molecule has 1 aromatic heterocycles. The molecule has 0 saturated carbocycles. The molecule has 0 radical (unpaired) electrons. The van der Waals surface area contributed by atoms with Crippen molar-refractivity contribution in [3.63, 3.8) is 0 Å². The molecule has 0 aliphatic carbocycles. The molecule has 0 aliphatic rings. The average molecular weight is 377 g/mol. The van der Waals surface area contributed by atoms with Gasteiger partial charge in [-0.15, -0.1) is 0 Å². The molecule has 0 spiro atoms. The predicted octanol–water partition coefficient (Wildman–Crippen LogP) is 3.95. The second-order valence-corrected chi connectivity index (χ2v) is 6.64. The second-order valence-electron chi connectivity index (χ2n) is 5.83. The summed E-state index contributed by atoms with van der Waals surface area (Å²) in [6.45, 7) is 1.86. The van der Waals surface area contributed by atoms with Crippen molar-refractivity contribution in [2.75, 3.05) is 0 Å². The number of aryl methyl sites for hydroxylation is 1. The van der Waals surface area contributed by atoms with Gasteiger partial charge >= 0.3 is 5.97 Å². The Labute approximate surface area is 153 Å². The molecule has 3 rings (SSSR count). The number of nitrogens with zero attached hydrogens (tertiary/aromatic N) is 1. The van der Waals surface area contributed by atoms with Crippen molar-refractivity contribution in [1.29, 1.82) is 0 Å². The lowest BCUT2D eigenvalue weighted by Crippen LogP contribution is -2.20. The fourth-order valence-corrected chi connectivity index (χ4v) is 3.09. The average Bonchev–Trinajstić information content (AvgIpc) is 2.57. The Balaban J connectivity index is 2.11. The van der Waals surface area contributed by atoms with Gasteiger partial charge in [0.2, 0.25) is 0 Å². The number of hydrogen-bond donors (Lipinski definition) is 2. The van der Waals surface area contributed by atoms with Crippen LogP contribution in [0.15, 0.2) is 41.2 Å². The van der Waals surface area contributed by atoms with Gasteiger partial charge in [0.25, 0.3) is 5.56 Å². The first-order valence-corrected chi connectivity index (χ1v) is 8.28. The summed E-state index contributed by atoms with van der Waals surface area (Å²) in [6, 6.07) is 10.3. The Morgan fingerprint density at radius 1 is 1.16 bits per heavy atom. The van der Waals surface area contributed by atoms with Crippen LogP contribution < -0.4 is 5.56 Å². The van der Waals surface area contributed by atoms with Crippen LogP contribution in [0.2, 0.25) is 10.0 Å². The summed E-state index contributed by atoms with van der Waals surface area (Å²) in [7, 11) is 0. The summed E-state index contributed by atoms with van der Waals surface area (Å²) in [6.07, 6.45) is 0.175.